The van der Waals surface area contributed by atoms with Crippen molar-refractivity contribution in [3.8, 4) is 0 Å². The number of anilines is 1. The Hall–Kier alpha value is -1.07. The fourth-order valence-corrected chi connectivity index (χ4v) is 5.18. The van der Waals surface area contributed by atoms with Crippen molar-refractivity contribution >= 4 is 15.7 Å². The predicted molar refractivity (Wildman–Crippen MR) is 82.3 cm³/mol. The number of rotatable bonds is 3. The van der Waals surface area contributed by atoms with Crippen LogP contribution in [0.25, 0.3) is 0 Å². The molecular weight excluding hydrogens is 272 g/mol. The maximum Gasteiger partial charge on any atom is 0.241 e. The average molecular weight is 296 g/mol. The maximum absolute atomic E-state index is 12.7. The van der Waals surface area contributed by atoms with Crippen LogP contribution in [0.15, 0.2) is 11.0 Å². The zero-order valence-electron chi connectivity index (χ0n) is 12.7. The van der Waals surface area contributed by atoms with Gasteiger partial charge in [0.25, 0.3) is 0 Å². The molecular formula is C15H24N2O2S. The highest BCUT2D eigenvalue weighted by Gasteiger charge is 2.35. The summed E-state index contributed by atoms with van der Waals surface area (Å²) in [6, 6.07) is 1.84. The lowest BCUT2D eigenvalue weighted by atomic mass is 10.0. The number of nitrogens with one attached hydrogen (secondary N) is 1. The molecule has 0 radical (unpaired) electrons. The molecule has 0 aliphatic heterocycles. The standard InChI is InChI=1S/C15H24N2O2S/c1-10-9-11(2)14(12(3)13(10)16)20(18,19)17-15(4)7-5-6-8-15/h9,17H,5-8,16H2,1-4H3. The molecule has 1 aliphatic rings. The van der Waals surface area contributed by atoms with Gasteiger partial charge in [0.1, 0.15) is 0 Å². The molecule has 0 spiro atoms. The van der Waals surface area contributed by atoms with Crippen LogP contribution in [0.3, 0.4) is 0 Å². The van der Waals surface area contributed by atoms with Gasteiger partial charge in [0.15, 0.2) is 0 Å². The number of nitrogens with two attached hydrogens (primary N) is 1. The zero-order chi connectivity index (χ0) is 15.1. The fourth-order valence-electron chi connectivity index (χ4n) is 3.23. The van der Waals surface area contributed by atoms with Crippen LogP contribution >= 0.6 is 0 Å². The van der Waals surface area contributed by atoms with Gasteiger partial charge in [-0.15, -0.1) is 0 Å². The van der Waals surface area contributed by atoms with Crippen molar-refractivity contribution in [1.29, 1.82) is 0 Å². The molecule has 1 aromatic carbocycles. The lowest BCUT2D eigenvalue weighted by Gasteiger charge is -2.26. The van der Waals surface area contributed by atoms with E-state index in [1.807, 2.05) is 26.8 Å². The molecule has 112 valence electrons. The Bertz CT molecular complexity index is 630. The van der Waals surface area contributed by atoms with Crippen LogP contribution in [-0.4, -0.2) is 14.0 Å². The number of hydrogen-bond acceptors (Lipinski definition) is 3. The highest BCUT2D eigenvalue weighted by molar-refractivity contribution is 7.89. The van der Waals surface area contributed by atoms with Crippen LogP contribution < -0.4 is 10.5 Å². The molecule has 1 aromatic rings. The summed E-state index contributed by atoms with van der Waals surface area (Å²) in [4.78, 5) is 0.341. The second-order valence-electron chi connectivity index (χ2n) is 6.25. The second-order valence-corrected chi connectivity index (χ2v) is 7.87. The number of aryl methyl sites for hydroxylation is 2. The molecule has 1 saturated carbocycles. The Morgan fingerprint density at radius 2 is 1.70 bits per heavy atom. The molecule has 1 fully saturated rings. The van der Waals surface area contributed by atoms with Gasteiger partial charge < -0.3 is 5.73 Å². The molecule has 0 atom stereocenters. The van der Waals surface area contributed by atoms with Crippen molar-refractivity contribution in [2.75, 3.05) is 5.73 Å². The van der Waals surface area contributed by atoms with Crippen molar-refractivity contribution in [3.05, 3.63) is 22.8 Å². The molecule has 1 aliphatic carbocycles. The van der Waals surface area contributed by atoms with Crippen LogP contribution in [-0.2, 0) is 10.0 Å². The van der Waals surface area contributed by atoms with E-state index >= 15 is 0 Å². The number of nitrogen functional groups attached to an aromatic ring is 1. The van der Waals surface area contributed by atoms with Crippen molar-refractivity contribution < 1.29 is 8.42 Å². The van der Waals surface area contributed by atoms with Gasteiger partial charge in [-0.3, -0.25) is 0 Å². The number of hydrogen-bond donors (Lipinski definition) is 2. The molecule has 3 N–H and O–H groups in total. The Balaban J connectivity index is 2.47. The predicted octanol–water partition coefficient (Wildman–Crippen LogP) is 2.81. The van der Waals surface area contributed by atoms with E-state index in [0.29, 0.717) is 16.1 Å². The molecule has 20 heavy (non-hydrogen) atoms. The van der Waals surface area contributed by atoms with Crippen molar-refractivity contribution in [2.24, 2.45) is 0 Å². The van der Waals surface area contributed by atoms with Gasteiger partial charge in [0.2, 0.25) is 10.0 Å². The second kappa shape index (κ2) is 5.04. The monoisotopic (exact) mass is 296 g/mol. The summed E-state index contributed by atoms with van der Waals surface area (Å²) in [5, 5.41) is 0. The molecule has 4 nitrogen and oxygen atoms in total. The third kappa shape index (κ3) is 2.69. The van der Waals surface area contributed by atoms with Gasteiger partial charge >= 0.3 is 0 Å². The molecule has 0 aromatic heterocycles. The molecule has 5 heteroatoms. The summed E-state index contributed by atoms with van der Waals surface area (Å²) in [5.74, 6) is 0. The van der Waals surface area contributed by atoms with E-state index in [4.69, 9.17) is 5.73 Å². The highest BCUT2D eigenvalue weighted by atomic mass is 32.2. The van der Waals surface area contributed by atoms with E-state index < -0.39 is 10.0 Å². The smallest absolute Gasteiger partial charge is 0.241 e. The maximum atomic E-state index is 12.7. The first-order valence-corrected chi connectivity index (χ1v) is 8.55. The van der Waals surface area contributed by atoms with Gasteiger partial charge in [-0.25, -0.2) is 13.1 Å². The molecule has 2 rings (SSSR count). The topological polar surface area (TPSA) is 72.2 Å². The fraction of sp³-hybridized carbons (Fsp3) is 0.600. The summed E-state index contributed by atoms with van der Waals surface area (Å²) in [7, 11) is -3.53. The van der Waals surface area contributed by atoms with Crippen LogP contribution in [0.2, 0.25) is 0 Å². The van der Waals surface area contributed by atoms with Crippen LogP contribution in [0.5, 0.6) is 0 Å². The first-order valence-electron chi connectivity index (χ1n) is 7.06. The van der Waals surface area contributed by atoms with Crippen LogP contribution in [0.1, 0.15) is 49.3 Å². The van der Waals surface area contributed by atoms with Crippen LogP contribution in [0, 0.1) is 20.8 Å². The minimum atomic E-state index is -3.53. The Labute approximate surface area is 121 Å². The zero-order valence-corrected chi connectivity index (χ0v) is 13.5. The largest absolute Gasteiger partial charge is 0.398 e. The summed E-state index contributed by atoms with van der Waals surface area (Å²) in [6.45, 7) is 7.49. The average Bonchev–Trinajstić information content (AvgIpc) is 2.71. The normalized spacial score (nSPS) is 18.4. The van der Waals surface area contributed by atoms with Crippen molar-refractivity contribution in [3.63, 3.8) is 0 Å². The molecule has 0 unspecified atom stereocenters. The SMILES string of the molecule is Cc1cc(C)c(S(=O)(=O)NC2(C)CCCC2)c(C)c1N. The Morgan fingerprint density at radius 3 is 2.25 bits per heavy atom. The summed E-state index contributed by atoms with van der Waals surface area (Å²) in [5.41, 5.74) is 8.56. The third-order valence-electron chi connectivity index (χ3n) is 4.32. The molecule has 0 bridgehead atoms. The van der Waals surface area contributed by atoms with E-state index in [1.165, 1.54) is 0 Å². The first kappa shape index (κ1) is 15.3. The van der Waals surface area contributed by atoms with E-state index in [-0.39, 0.29) is 5.54 Å². The van der Waals surface area contributed by atoms with Gasteiger partial charge in [-0.2, -0.15) is 0 Å². The van der Waals surface area contributed by atoms with E-state index in [0.717, 1.165) is 36.8 Å². The van der Waals surface area contributed by atoms with E-state index in [9.17, 15) is 8.42 Å². The Morgan fingerprint density at radius 1 is 1.15 bits per heavy atom. The van der Waals surface area contributed by atoms with Gasteiger partial charge in [0, 0.05) is 11.2 Å². The quantitative estimate of drug-likeness (QED) is 0.842. The number of benzene rings is 1. The van der Waals surface area contributed by atoms with Crippen molar-refractivity contribution in [1.82, 2.24) is 4.72 Å². The number of sulfonamides is 1. The summed E-state index contributed by atoms with van der Waals surface area (Å²) >= 11 is 0. The minimum absolute atomic E-state index is 0.322. The van der Waals surface area contributed by atoms with Gasteiger partial charge in [0.05, 0.1) is 4.90 Å². The highest BCUT2D eigenvalue weighted by Crippen LogP contribution is 2.33. The third-order valence-corrected chi connectivity index (χ3v) is 6.24. The van der Waals surface area contributed by atoms with E-state index in [1.54, 1.807) is 6.92 Å². The first-order chi connectivity index (χ1) is 9.16. The molecule has 0 heterocycles. The van der Waals surface area contributed by atoms with Crippen LogP contribution in [0.4, 0.5) is 5.69 Å². The summed E-state index contributed by atoms with van der Waals surface area (Å²) < 4.78 is 28.4. The molecule has 0 saturated heterocycles. The Kier molecular flexibility index (Phi) is 3.86. The molecule has 0 amide bonds. The van der Waals surface area contributed by atoms with Crippen molar-refractivity contribution in [2.45, 2.75) is 63.8 Å². The lowest BCUT2D eigenvalue weighted by molar-refractivity contribution is 0.427. The van der Waals surface area contributed by atoms with Gasteiger partial charge in [-0.1, -0.05) is 18.9 Å². The lowest BCUT2D eigenvalue weighted by Crippen LogP contribution is -2.43. The minimum Gasteiger partial charge on any atom is -0.398 e. The van der Waals surface area contributed by atoms with E-state index in [2.05, 4.69) is 4.72 Å². The van der Waals surface area contributed by atoms with Gasteiger partial charge in [-0.05, 0) is 57.2 Å². The summed E-state index contributed by atoms with van der Waals surface area (Å²) in [6.07, 6.45) is 3.94.